The van der Waals surface area contributed by atoms with E-state index in [4.69, 9.17) is 0 Å². The van der Waals surface area contributed by atoms with E-state index in [-0.39, 0.29) is 11.8 Å². The van der Waals surface area contributed by atoms with Crippen LogP contribution in [0.15, 0.2) is 54.6 Å². The van der Waals surface area contributed by atoms with Crippen molar-refractivity contribution in [1.82, 2.24) is 15.1 Å². The fourth-order valence-corrected chi connectivity index (χ4v) is 3.49. The molecule has 0 fully saturated rings. The van der Waals surface area contributed by atoms with Crippen LogP contribution < -0.4 is 10.6 Å². The molecule has 0 saturated heterocycles. The van der Waals surface area contributed by atoms with Crippen molar-refractivity contribution >= 4 is 23.3 Å². The molecule has 1 aromatic heterocycles. The van der Waals surface area contributed by atoms with Crippen molar-refractivity contribution in [3.63, 3.8) is 0 Å². The summed E-state index contributed by atoms with van der Waals surface area (Å²) in [4.78, 5) is 26.0. The fourth-order valence-electron chi connectivity index (χ4n) is 3.49. The third-order valence-corrected chi connectivity index (χ3v) is 4.98. The first-order valence-corrected chi connectivity index (χ1v) is 9.60. The maximum absolute atomic E-state index is 12.6. The lowest BCUT2D eigenvalue weighted by Gasteiger charge is -2.15. The van der Waals surface area contributed by atoms with Crippen LogP contribution in [0.3, 0.4) is 0 Å². The van der Waals surface area contributed by atoms with Crippen LogP contribution in [-0.2, 0) is 24.3 Å². The highest BCUT2D eigenvalue weighted by atomic mass is 16.2. The minimum atomic E-state index is -0.226. The van der Waals surface area contributed by atoms with Gasteiger partial charge in [0.25, 0.3) is 5.91 Å². The number of nitrogens with one attached hydrogen (secondary N) is 3. The van der Waals surface area contributed by atoms with Crippen LogP contribution in [-0.4, -0.2) is 33.5 Å². The number of nitrogens with zero attached hydrogens (tertiary/aromatic N) is 2. The molecule has 148 valence electrons. The van der Waals surface area contributed by atoms with Gasteiger partial charge in [-0.3, -0.25) is 19.6 Å². The molecular formula is C22H23N5O2. The van der Waals surface area contributed by atoms with Gasteiger partial charge in [-0.1, -0.05) is 30.3 Å². The van der Waals surface area contributed by atoms with Crippen LogP contribution in [0.25, 0.3) is 0 Å². The highest BCUT2D eigenvalue weighted by Gasteiger charge is 2.25. The molecule has 3 N–H and O–H groups in total. The van der Waals surface area contributed by atoms with E-state index in [9.17, 15) is 9.59 Å². The SMILES string of the molecule is CC(=O)Nc1ccc(C(=O)Nc2n[nH]c3c2CN(CCc2ccccc2)C3)cc1. The monoisotopic (exact) mass is 389 g/mol. The molecule has 0 unspecified atom stereocenters. The Hall–Kier alpha value is -3.45. The summed E-state index contributed by atoms with van der Waals surface area (Å²) < 4.78 is 0. The molecular weight excluding hydrogens is 366 g/mol. The van der Waals surface area contributed by atoms with Crippen LogP contribution in [0.4, 0.5) is 11.5 Å². The maximum atomic E-state index is 12.6. The van der Waals surface area contributed by atoms with Crippen LogP contribution >= 0.6 is 0 Å². The number of H-pyrrole nitrogens is 1. The predicted molar refractivity (Wildman–Crippen MR) is 112 cm³/mol. The van der Waals surface area contributed by atoms with Gasteiger partial charge in [-0.2, -0.15) is 5.10 Å². The number of aromatic amines is 1. The molecule has 0 bridgehead atoms. The Morgan fingerprint density at radius 2 is 1.79 bits per heavy atom. The zero-order valence-corrected chi connectivity index (χ0v) is 16.2. The third kappa shape index (κ3) is 4.52. The highest BCUT2D eigenvalue weighted by Crippen LogP contribution is 2.27. The highest BCUT2D eigenvalue weighted by molar-refractivity contribution is 6.04. The van der Waals surface area contributed by atoms with Crippen molar-refractivity contribution in [3.8, 4) is 0 Å². The minimum absolute atomic E-state index is 0.147. The standard InChI is InChI=1S/C22H23N5O2/c1-15(28)23-18-9-7-17(8-10-18)22(29)24-21-19-13-27(14-20(19)25-26-21)12-11-16-5-3-2-4-6-16/h2-10H,11-14H2,1H3,(H,23,28)(H2,24,25,26,29). The zero-order chi connectivity index (χ0) is 20.2. The summed E-state index contributed by atoms with van der Waals surface area (Å²) in [6.45, 7) is 3.96. The van der Waals surface area contributed by atoms with E-state index in [1.54, 1.807) is 24.3 Å². The Labute approximate surface area is 169 Å². The molecule has 2 heterocycles. The van der Waals surface area contributed by atoms with Crippen LogP contribution in [0.1, 0.15) is 34.1 Å². The molecule has 7 heteroatoms. The number of hydrogen-bond donors (Lipinski definition) is 3. The summed E-state index contributed by atoms with van der Waals surface area (Å²) in [5.41, 5.74) is 4.58. The molecule has 4 rings (SSSR count). The number of anilines is 2. The van der Waals surface area contributed by atoms with E-state index in [0.717, 1.165) is 37.3 Å². The lowest BCUT2D eigenvalue weighted by Crippen LogP contribution is -2.20. The van der Waals surface area contributed by atoms with Gasteiger partial charge in [-0.25, -0.2) is 0 Å². The van der Waals surface area contributed by atoms with E-state index < -0.39 is 0 Å². The molecule has 29 heavy (non-hydrogen) atoms. The van der Waals surface area contributed by atoms with Crippen molar-refractivity contribution in [2.75, 3.05) is 17.2 Å². The Kier molecular flexibility index (Phi) is 5.39. The molecule has 0 saturated carbocycles. The first-order valence-electron chi connectivity index (χ1n) is 9.60. The van der Waals surface area contributed by atoms with Crippen molar-refractivity contribution in [2.45, 2.75) is 26.4 Å². The minimum Gasteiger partial charge on any atom is -0.326 e. The number of benzene rings is 2. The Morgan fingerprint density at radius 3 is 2.52 bits per heavy atom. The number of carbonyl (C=O) groups is 2. The molecule has 0 spiro atoms. The van der Waals surface area contributed by atoms with Gasteiger partial charge < -0.3 is 10.6 Å². The van der Waals surface area contributed by atoms with E-state index in [1.165, 1.54) is 12.5 Å². The molecule has 2 aromatic carbocycles. The van der Waals surface area contributed by atoms with Gasteiger partial charge in [-0.05, 0) is 36.2 Å². The van der Waals surface area contributed by atoms with E-state index in [2.05, 4.69) is 50.0 Å². The van der Waals surface area contributed by atoms with E-state index in [0.29, 0.717) is 17.1 Å². The molecule has 7 nitrogen and oxygen atoms in total. The average molecular weight is 389 g/mol. The smallest absolute Gasteiger partial charge is 0.256 e. The molecule has 0 aliphatic carbocycles. The largest absolute Gasteiger partial charge is 0.326 e. The second-order valence-corrected chi connectivity index (χ2v) is 7.19. The van der Waals surface area contributed by atoms with Gasteiger partial charge in [0.1, 0.15) is 0 Å². The molecule has 0 atom stereocenters. The zero-order valence-electron chi connectivity index (χ0n) is 16.2. The van der Waals surface area contributed by atoms with Gasteiger partial charge in [0, 0.05) is 43.4 Å². The van der Waals surface area contributed by atoms with Crippen molar-refractivity contribution in [1.29, 1.82) is 0 Å². The Bertz CT molecular complexity index is 1010. The van der Waals surface area contributed by atoms with Gasteiger partial charge in [-0.15, -0.1) is 0 Å². The average Bonchev–Trinajstić information content (AvgIpc) is 3.29. The van der Waals surface area contributed by atoms with Crippen molar-refractivity contribution in [3.05, 3.63) is 77.0 Å². The third-order valence-electron chi connectivity index (χ3n) is 4.98. The van der Waals surface area contributed by atoms with Crippen molar-refractivity contribution < 1.29 is 9.59 Å². The number of amides is 2. The fraction of sp³-hybridized carbons (Fsp3) is 0.227. The van der Waals surface area contributed by atoms with Crippen LogP contribution in [0.2, 0.25) is 0 Å². The number of rotatable bonds is 6. The molecule has 0 radical (unpaired) electrons. The lowest BCUT2D eigenvalue weighted by atomic mass is 10.1. The summed E-state index contributed by atoms with van der Waals surface area (Å²) in [6, 6.07) is 17.2. The van der Waals surface area contributed by atoms with E-state index in [1.807, 2.05) is 6.07 Å². The number of carbonyl (C=O) groups excluding carboxylic acids is 2. The van der Waals surface area contributed by atoms with E-state index >= 15 is 0 Å². The second-order valence-electron chi connectivity index (χ2n) is 7.19. The number of aromatic nitrogens is 2. The van der Waals surface area contributed by atoms with Gasteiger partial charge in [0.2, 0.25) is 5.91 Å². The number of hydrogen-bond acceptors (Lipinski definition) is 4. The molecule has 1 aliphatic rings. The van der Waals surface area contributed by atoms with Crippen LogP contribution in [0.5, 0.6) is 0 Å². The summed E-state index contributed by atoms with van der Waals surface area (Å²) in [5, 5.41) is 12.9. The Morgan fingerprint density at radius 1 is 1.03 bits per heavy atom. The van der Waals surface area contributed by atoms with Gasteiger partial charge in [0.15, 0.2) is 5.82 Å². The topological polar surface area (TPSA) is 90.1 Å². The maximum Gasteiger partial charge on any atom is 0.256 e. The van der Waals surface area contributed by atoms with Crippen LogP contribution in [0, 0.1) is 0 Å². The summed E-state index contributed by atoms with van der Waals surface area (Å²) in [6.07, 6.45) is 0.987. The quantitative estimate of drug-likeness (QED) is 0.604. The predicted octanol–water partition coefficient (Wildman–Crippen LogP) is 3.18. The molecule has 2 amide bonds. The lowest BCUT2D eigenvalue weighted by molar-refractivity contribution is -0.114. The first-order chi connectivity index (χ1) is 14.1. The summed E-state index contributed by atoms with van der Waals surface area (Å²) in [7, 11) is 0. The first kappa shape index (κ1) is 18.9. The normalized spacial score (nSPS) is 13.1. The summed E-state index contributed by atoms with van der Waals surface area (Å²) >= 11 is 0. The van der Waals surface area contributed by atoms with Gasteiger partial charge in [0.05, 0.1) is 5.69 Å². The molecule has 1 aliphatic heterocycles. The second kappa shape index (κ2) is 8.28. The number of fused-ring (bicyclic) bond motifs is 1. The van der Waals surface area contributed by atoms with Crippen molar-refractivity contribution in [2.24, 2.45) is 0 Å². The molecule has 3 aromatic rings. The van der Waals surface area contributed by atoms with Gasteiger partial charge >= 0.3 is 0 Å². The summed E-state index contributed by atoms with van der Waals surface area (Å²) in [5.74, 6) is 0.209. The Balaban J connectivity index is 1.36.